The molecule has 2 aromatic rings. The number of carbonyl (C=O) groups is 1. The molecule has 2 heterocycles. The molecule has 128 valence electrons. The minimum absolute atomic E-state index is 0.0429. The molecule has 3 rings (SSSR count). The number of non-ortho nitro benzene ring substituents is 1. The second kappa shape index (κ2) is 7.67. The average Bonchev–Trinajstić information content (AvgIpc) is 2.63. The molecule has 1 aliphatic heterocycles. The fraction of sp³-hybridized carbons (Fsp3) is 0.222. The van der Waals surface area contributed by atoms with E-state index in [1.165, 1.54) is 17.7 Å². The van der Waals surface area contributed by atoms with Crippen molar-refractivity contribution in [2.75, 3.05) is 25.0 Å². The summed E-state index contributed by atoms with van der Waals surface area (Å²) in [5.74, 6) is -0.185. The number of hydrogen-bond donors (Lipinski definition) is 1. The van der Waals surface area contributed by atoms with Crippen LogP contribution in [0.2, 0.25) is 0 Å². The molecule has 7 heteroatoms. The number of hydrogen-bond acceptors (Lipinski definition) is 5. The van der Waals surface area contributed by atoms with Crippen molar-refractivity contribution in [3.63, 3.8) is 0 Å². The highest BCUT2D eigenvalue weighted by Gasteiger charge is 2.16. The van der Waals surface area contributed by atoms with Gasteiger partial charge in [-0.15, -0.1) is 0 Å². The summed E-state index contributed by atoms with van der Waals surface area (Å²) in [7, 11) is 0. The van der Waals surface area contributed by atoms with Gasteiger partial charge in [0.05, 0.1) is 17.2 Å². The standard InChI is InChI=1S/C18H18N4O3/c23-18(20-15-4-3-5-16(12-15)22(24)25)13-21-10-7-14(8-11-21)17-6-1-2-9-19-17/h1-7,9,12H,8,10-11,13H2,(H,20,23). The lowest BCUT2D eigenvalue weighted by Gasteiger charge is -2.25. The number of nitrogens with zero attached hydrogens (tertiary/aromatic N) is 3. The molecular formula is C18H18N4O3. The number of aromatic nitrogens is 1. The Hall–Kier alpha value is -3.06. The van der Waals surface area contributed by atoms with Crippen LogP contribution in [0.3, 0.4) is 0 Å². The third-order valence-electron chi connectivity index (χ3n) is 4.00. The summed E-state index contributed by atoms with van der Waals surface area (Å²) < 4.78 is 0. The van der Waals surface area contributed by atoms with Crippen LogP contribution in [0.5, 0.6) is 0 Å². The zero-order valence-electron chi connectivity index (χ0n) is 13.6. The van der Waals surface area contributed by atoms with Crippen LogP contribution in [-0.4, -0.2) is 40.3 Å². The van der Waals surface area contributed by atoms with Gasteiger partial charge in [-0.05, 0) is 30.2 Å². The quantitative estimate of drug-likeness (QED) is 0.669. The number of anilines is 1. The highest BCUT2D eigenvalue weighted by atomic mass is 16.6. The van der Waals surface area contributed by atoms with Gasteiger partial charge in [0.25, 0.3) is 5.69 Å². The predicted molar refractivity (Wildman–Crippen MR) is 95.0 cm³/mol. The highest BCUT2D eigenvalue weighted by Crippen LogP contribution is 2.20. The van der Waals surface area contributed by atoms with Gasteiger partial charge >= 0.3 is 0 Å². The Bertz CT molecular complexity index is 805. The molecule has 1 N–H and O–H groups in total. The molecule has 0 radical (unpaired) electrons. The first-order chi connectivity index (χ1) is 12.1. The molecular weight excluding hydrogens is 320 g/mol. The lowest BCUT2D eigenvalue weighted by molar-refractivity contribution is -0.384. The Morgan fingerprint density at radius 3 is 2.84 bits per heavy atom. The van der Waals surface area contributed by atoms with Crippen LogP contribution >= 0.6 is 0 Å². The summed E-state index contributed by atoms with van der Waals surface area (Å²) in [6.45, 7) is 1.69. The molecule has 0 atom stereocenters. The van der Waals surface area contributed by atoms with Crippen molar-refractivity contribution in [3.8, 4) is 0 Å². The van der Waals surface area contributed by atoms with Gasteiger partial charge < -0.3 is 5.32 Å². The summed E-state index contributed by atoms with van der Waals surface area (Å²) in [6.07, 6.45) is 4.70. The first-order valence-corrected chi connectivity index (χ1v) is 7.99. The van der Waals surface area contributed by atoms with Gasteiger partial charge in [0, 0.05) is 37.1 Å². The second-order valence-corrected chi connectivity index (χ2v) is 5.79. The van der Waals surface area contributed by atoms with E-state index in [1.807, 2.05) is 23.1 Å². The second-order valence-electron chi connectivity index (χ2n) is 5.79. The average molecular weight is 338 g/mol. The monoisotopic (exact) mass is 338 g/mol. The normalized spacial score (nSPS) is 14.6. The van der Waals surface area contributed by atoms with Gasteiger partial charge in [-0.3, -0.25) is 24.8 Å². The molecule has 0 unspecified atom stereocenters. The number of pyridine rings is 1. The van der Waals surface area contributed by atoms with Crippen molar-refractivity contribution >= 4 is 22.9 Å². The Morgan fingerprint density at radius 1 is 1.28 bits per heavy atom. The van der Waals surface area contributed by atoms with E-state index in [4.69, 9.17) is 0 Å². The molecule has 0 aliphatic carbocycles. The lowest BCUT2D eigenvalue weighted by Crippen LogP contribution is -2.36. The Morgan fingerprint density at radius 2 is 2.16 bits per heavy atom. The summed E-state index contributed by atoms with van der Waals surface area (Å²) >= 11 is 0. The minimum atomic E-state index is -0.482. The van der Waals surface area contributed by atoms with E-state index < -0.39 is 4.92 Å². The number of rotatable bonds is 5. The SMILES string of the molecule is O=C(CN1CC=C(c2ccccn2)CC1)Nc1cccc([N+](=O)[O-])c1. The van der Waals surface area contributed by atoms with Crippen LogP contribution in [0.25, 0.3) is 5.57 Å². The van der Waals surface area contributed by atoms with Gasteiger partial charge in [0.1, 0.15) is 0 Å². The number of nitro groups is 1. The van der Waals surface area contributed by atoms with E-state index in [-0.39, 0.29) is 18.1 Å². The van der Waals surface area contributed by atoms with E-state index in [2.05, 4.69) is 16.4 Å². The van der Waals surface area contributed by atoms with Crippen molar-refractivity contribution in [1.29, 1.82) is 0 Å². The van der Waals surface area contributed by atoms with Crippen LogP contribution < -0.4 is 5.32 Å². The smallest absolute Gasteiger partial charge is 0.271 e. The molecule has 0 fully saturated rings. The fourth-order valence-electron chi connectivity index (χ4n) is 2.74. The maximum atomic E-state index is 12.2. The van der Waals surface area contributed by atoms with Gasteiger partial charge in [0.2, 0.25) is 5.91 Å². The van der Waals surface area contributed by atoms with Gasteiger partial charge in [0.15, 0.2) is 0 Å². The van der Waals surface area contributed by atoms with Crippen LogP contribution in [0.15, 0.2) is 54.7 Å². The molecule has 1 aromatic carbocycles. The van der Waals surface area contributed by atoms with Gasteiger partial charge in [-0.1, -0.05) is 18.2 Å². The number of amides is 1. The van der Waals surface area contributed by atoms with Crippen LogP contribution in [0.1, 0.15) is 12.1 Å². The Kier molecular flexibility index (Phi) is 5.15. The predicted octanol–water partition coefficient (Wildman–Crippen LogP) is 2.72. The number of benzene rings is 1. The Balaban J connectivity index is 1.55. The van der Waals surface area contributed by atoms with E-state index in [1.54, 1.807) is 18.3 Å². The molecule has 25 heavy (non-hydrogen) atoms. The number of carbonyl (C=O) groups excluding carboxylic acids is 1. The molecule has 0 bridgehead atoms. The van der Waals surface area contributed by atoms with Crippen LogP contribution in [-0.2, 0) is 4.79 Å². The summed E-state index contributed by atoms with van der Waals surface area (Å²) in [6, 6.07) is 11.8. The molecule has 1 amide bonds. The molecule has 1 aromatic heterocycles. The summed E-state index contributed by atoms with van der Waals surface area (Å²) in [4.78, 5) is 28.8. The van der Waals surface area contributed by atoms with Crippen molar-refractivity contribution < 1.29 is 9.72 Å². The summed E-state index contributed by atoms with van der Waals surface area (Å²) in [5, 5.41) is 13.5. The molecule has 0 saturated carbocycles. The lowest BCUT2D eigenvalue weighted by atomic mass is 10.0. The molecule has 0 spiro atoms. The van der Waals surface area contributed by atoms with E-state index in [0.717, 1.165) is 18.7 Å². The third-order valence-corrected chi connectivity index (χ3v) is 4.00. The minimum Gasteiger partial charge on any atom is -0.325 e. The van der Waals surface area contributed by atoms with Crippen LogP contribution in [0, 0.1) is 10.1 Å². The van der Waals surface area contributed by atoms with E-state index >= 15 is 0 Å². The van der Waals surface area contributed by atoms with Crippen molar-refractivity contribution in [2.45, 2.75) is 6.42 Å². The largest absolute Gasteiger partial charge is 0.325 e. The van der Waals surface area contributed by atoms with Crippen LogP contribution in [0.4, 0.5) is 11.4 Å². The van der Waals surface area contributed by atoms with E-state index in [0.29, 0.717) is 12.2 Å². The molecule has 0 saturated heterocycles. The fourth-order valence-corrected chi connectivity index (χ4v) is 2.74. The Labute approximate surface area is 145 Å². The van der Waals surface area contributed by atoms with Crippen molar-refractivity contribution in [2.24, 2.45) is 0 Å². The van der Waals surface area contributed by atoms with Crippen molar-refractivity contribution in [1.82, 2.24) is 9.88 Å². The highest BCUT2D eigenvalue weighted by molar-refractivity contribution is 5.92. The maximum absolute atomic E-state index is 12.2. The third kappa shape index (κ3) is 4.48. The zero-order valence-corrected chi connectivity index (χ0v) is 13.6. The zero-order chi connectivity index (χ0) is 17.6. The van der Waals surface area contributed by atoms with Crippen molar-refractivity contribution in [3.05, 3.63) is 70.5 Å². The van der Waals surface area contributed by atoms with Gasteiger partial charge in [-0.25, -0.2) is 0 Å². The maximum Gasteiger partial charge on any atom is 0.271 e. The summed E-state index contributed by atoms with van der Waals surface area (Å²) in [5.41, 5.74) is 2.55. The first-order valence-electron chi connectivity index (χ1n) is 7.99. The topological polar surface area (TPSA) is 88.4 Å². The molecule has 7 nitrogen and oxygen atoms in total. The number of nitrogens with one attached hydrogen (secondary N) is 1. The van der Waals surface area contributed by atoms with Gasteiger partial charge in [-0.2, -0.15) is 0 Å². The first kappa shape index (κ1) is 16.8. The molecule has 1 aliphatic rings. The van der Waals surface area contributed by atoms with E-state index in [9.17, 15) is 14.9 Å². The number of nitro benzene ring substituents is 1.